The van der Waals surface area contributed by atoms with Crippen LogP contribution in [-0.2, 0) is 20.0 Å². The summed E-state index contributed by atoms with van der Waals surface area (Å²) < 4.78 is 58.3. The minimum atomic E-state index is -3.86. The topological polar surface area (TPSA) is 102 Å². The van der Waals surface area contributed by atoms with Gasteiger partial charge in [-0.25, -0.2) is 16.8 Å². The molecule has 136 valence electrons. The third-order valence-electron chi connectivity index (χ3n) is 3.12. The number of benzene rings is 2. The van der Waals surface area contributed by atoms with Crippen LogP contribution in [0.1, 0.15) is 5.56 Å². The number of aryl methyl sites for hydroxylation is 1. The average molecular weight is 449 g/mol. The zero-order valence-corrected chi connectivity index (χ0v) is 16.9. The van der Waals surface area contributed by atoms with Gasteiger partial charge in [-0.2, -0.15) is 0 Å². The van der Waals surface area contributed by atoms with Crippen LogP contribution in [-0.4, -0.2) is 30.2 Å². The zero-order chi connectivity index (χ0) is 18.8. The van der Waals surface area contributed by atoms with Crippen molar-refractivity contribution in [2.75, 3.05) is 22.8 Å². The van der Waals surface area contributed by atoms with Gasteiger partial charge in [-0.15, -0.1) is 0 Å². The molecule has 7 nitrogen and oxygen atoms in total. The van der Waals surface area contributed by atoms with E-state index in [-0.39, 0.29) is 22.0 Å². The highest BCUT2D eigenvalue weighted by Gasteiger charge is 2.19. The first-order valence-corrected chi connectivity index (χ1v) is 11.1. The SMILES string of the molecule is COc1ccc(NS(=O)(=O)c2ccc(C)cc2Br)cc1NS(C)(=O)=O. The molecule has 2 rings (SSSR count). The second-order valence-electron chi connectivity index (χ2n) is 5.33. The molecule has 2 N–H and O–H groups in total. The first-order chi connectivity index (χ1) is 11.5. The molecule has 0 bridgehead atoms. The van der Waals surface area contributed by atoms with E-state index >= 15 is 0 Å². The maximum Gasteiger partial charge on any atom is 0.263 e. The smallest absolute Gasteiger partial charge is 0.263 e. The molecule has 0 heterocycles. The van der Waals surface area contributed by atoms with E-state index in [1.807, 2.05) is 6.92 Å². The Hall–Kier alpha value is -1.78. The van der Waals surface area contributed by atoms with Gasteiger partial charge < -0.3 is 4.74 Å². The van der Waals surface area contributed by atoms with E-state index in [9.17, 15) is 16.8 Å². The first kappa shape index (κ1) is 19.5. The van der Waals surface area contributed by atoms with Gasteiger partial charge in [0.1, 0.15) is 10.6 Å². The van der Waals surface area contributed by atoms with Crippen LogP contribution in [0, 0.1) is 6.92 Å². The van der Waals surface area contributed by atoms with Crippen molar-refractivity contribution in [3.05, 3.63) is 46.4 Å². The summed E-state index contributed by atoms with van der Waals surface area (Å²) in [5.74, 6) is 0.268. The Morgan fingerprint density at radius 3 is 2.24 bits per heavy atom. The Labute approximate surface area is 155 Å². The number of ether oxygens (including phenoxy) is 1. The minimum Gasteiger partial charge on any atom is -0.495 e. The normalized spacial score (nSPS) is 11.8. The Kier molecular flexibility index (Phi) is 5.65. The van der Waals surface area contributed by atoms with Crippen molar-refractivity contribution in [2.45, 2.75) is 11.8 Å². The van der Waals surface area contributed by atoms with Crippen LogP contribution in [0.15, 0.2) is 45.8 Å². The summed E-state index contributed by atoms with van der Waals surface area (Å²) in [6, 6.07) is 9.16. The monoisotopic (exact) mass is 448 g/mol. The van der Waals surface area contributed by atoms with Crippen molar-refractivity contribution >= 4 is 47.4 Å². The van der Waals surface area contributed by atoms with Gasteiger partial charge in [0.2, 0.25) is 10.0 Å². The fraction of sp³-hybridized carbons (Fsp3) is 0.200. The Morgan fingerprint density at radius 2 is 1.68 bits per heavy atom. The van der Waals surface area contributed by atoms with Gasteiger partial charge in [-0.3, -0.25) is 9.44 Å². The van der Waals surface area contributed by atoms with E-state index in [0.717, 1.165) is 11.8 Å². The van der Waals surface area contributed by atoms with Crippen molar-refractivity contribution in [3.63, 3.8) is 0 Å². The lowest BCUT2D eigenvalue weighted by molar-refractivity contribution is 0.417. The van der Waals surface area contributed by atoms with Crippen molar-refractivity contribution in [3.8, 4) is 5.75 Å². The summed E-state index contributed by atoms with van der Waals surface area (Å²) in [7, 11) is -6.02. The Balaban J connectivity index is 2.40. The third-order valence-corrected chi connectivity index (χ3v) is 6.07. The molecule has 0 saturated heterocycles. The second-order valence-corrected chi connectivity index (χ2v) is 9.58. The molecule has 0 spiro atoms. The molecule has 0 aliphatic rings. The molecule has 0 aliphatic carbocycles. The van der Waals surface area contributed by atoms with Gasteiger partial charge in [0.15, 0.2) is 0 Å². The number of anilines is 2. The van der Waals surface area contributed by atoms with Gasteiger partial charge in [0.25, 0.3) is 10.0 Å². The highest BCUT2D eigenvalue weighted by atomic mass is 79.9. The van der Waals surface area contributed by atoms with Gasteiger partial charge in [0.05, 0.1) is 24.7 Å². The number of hydrogen-bond acceptors (Lipinski definition) is 5. The van der Waals surface area contributed by atoms with Gasteiger partial charge in [-0.1, -0.05) is 6.07 Å². The summed E-state index contributed by atoms with van der Waals surface area (Å²) in [6.07, 6.45) is 0.993. The summed E-state index contributed by atoms with van der Waals surface area (Å²) >= 11 is 3.24. The lowest BCUT2D eigenvalue weighted by Gasteiger charge is -2.14. The molecule has 0 amide bonds. The fourth-order valence-electron chi connectivity index (χ4n) is 2.08. The van der Waals surface area contributed by atoms with E-state index < -0.39 is 20.0 Å². The van der Waals surface area contributed by atoms with Crippen molar-refractivity contribution < 1.29 is 21.6 Å². The predicted molar refractivity (Wildman–Crippen MR) is 101 cm³/mol. The van der Waals surface area contributed by atoms with E-state index in [4.69, 9.17) is 4.74 Å². The number of hydrogen-bond donors (Lipinski definition) is 2. The number of halogens is 1. The molecule has 0 fully saturated rings. The van der Waals surface area contributed by atoms with Crippen LogP contribution in [0.2, 0.25) is 0 Å². The van der Waals surface area contributed by atoms with E-state index in [1.54, 1.807) is 12.1 Å². The largest absolute Gasteiger partial charge is 0.495 e. The van der Waals surface area contributed by atoms with Crippen LogP contribution in [0.4, 0.5) is 11.4 Å². The Morgan fingerprint density at radius 1 is 1.00 bits per heavy atom. The molecular formula is C15H17BrN2O5S2. The maximum atomic E-state index is 12.6. The molecular weight excluding hydrogens is 432 g/mol. The van der Waals surface area contributed by atoms with Crippen molar-refractivity contribution in [1.29, 1.82) is 0 Å². The summed E-state index contributed by atoms with van der Waals surface area (Å²) in [6.45, 7) is 1.85. The van der Waals surface area contributed by atoms with E-state index in [1.165, 1.54) is 31.4 Å². The summed E-state index contributed by atoms with van der Waals surface area (Å²) in [5, 5.41) is 0. The third kappa shape index (κ3) is 5.10. The standard InChI is InChI=1S/C15H17BrN2O5S2/c1-10-4-7-15(12(16)8-10)25(21,22)17-11-5-6-14(23-2)13(9-11)18-24(3,19)20/h4-9,17-18H,1-3H3. The maximum absolute atomic E-state index is 12.6. The average Bonchev–Trinajstić information content (AvgIpc) is 2.45. The number of sulfonamides is 2. The zero-order valence-electron chi connectivity index (χ0n) is 13.7. The van der Waals surface area contributed by atoms with Gasteiger partial charge >= 0.3 is 0 Å². The van der Waals surface area contributed by atoms with Crippen molar-refractivity contribution in [2.24, 2.45) is 0 Å². The number of rotatable bonds is 6. The molecule has 0 radical (unpaired) electrons. The Bertz CT molecular complexity index is 1000. The molecule has 2 aromatic carbocycles. The minimum absolute atomic E-state index is 0.0755. The molecule has 0 saturated carbocycles. The number of nitrogens with one attached hydrogen (secondary N) is 2. The second kappa shape index (κ2) is 7.22. The van der Waals surface area contributed by atoms with E-state index in [2.05, 4.69) is 25.4 Å². The molecule has 0 aromatic heterocycles. The molecule has 0 atom stereocenters. The van der Waals surface area contributed by atoms with Crippen LogP contribution in [0.3, 0.4) is 0 Å². The van der Waals surface area contributed by atoms with Crippen LogP contribution in [0.25, 0.3) is 0 Å². The predicted octanol–water partition coefficient (Wildman–Crippen LogP) is 2.94. The van der Waals surface area contributed by atoms with Crippen molar-refractivity contribution in [1.82, 2.24) is 0 Å². The summed E-state index contributed by atoms with van der Waals surface area (Å²) in [5.41, 5.74) is 1.24. The van der Waals surface area contributed by atoms with Gasteiger partial charge in [0, 0.05) is 4.47 Å². The van der Waals surface area contributed by atoms with Gasteiger partial charge in [-0.05, 0) is 58.7 Å². The molecule has 2 aromatic rings. The molecule has 10 heteroatoms. The first-order valence-electron chi connectivity index (χ1n) is 6.96. The van der Waals surface area contributed by atoms with Crippen LogP contribution in [0.5, 0.6) is 5.75 Å². The quantitative estimate of drug-likeness (QED) is 0.706. The van der Waals surface area contributed by atoms with Crippen LogP contribution < -0.4 is 14.2 Å². The lowest BCUT2D eigenvalue weighted by atomic mass is 10.2. The van der Waals surface area contributed by atoms with Crippen LogP contribution >= 0.6 is 15.9 Å². The highest BCUT2D eigenvalue weighted by Crippen LogP contribution is 2.31. The lowest BCUT2D eigenvalue weighted by Crippen LogP contribution is -2.15. The highest BCUT2D eigenvalue weighted by molar-refractivity contribution is 9.10. The number of methoxy groups -OCH3 is 1. The van der Waals surface area contributed by atoms with E-state index in [0.29, 0.717) is 4.47 Å². The fourth-order valence-corrected chi connectivity index (χ4v) is 4.89. The molecule has 0 unspecified atom stereocenters. The summed E-state index contributed by atoms with van der Waals surface area (Å²) in [4.78, 5) is 0.0755. The molecule has 0 aliphatic heterocycles. The molecule has 25 heavy (non-hydrogen) atoms.